The molecule has 1 aromatic heterocycles. The molecule has 0 radical (unpaired) electrons. The van der Waals surface area contributed by atoms with E-state index in [4.69, 9.17) is 0 Å². The molecule has 1 saturated heterocycles. The highest BCUT2D eigenvalue weighted by atomic mass is 19.4. The number of allylic oxidation sites excluding steroid dienone is 2. The number of nitrogens with zero attached hydrogens (tertiary/aromatic N) is 6. The van der Waals surface area contributed by atoms with Crippen molar-refractivity contribution in [3.05, 3.63) is 35.8 Å². The average Bonchev–Trinajstić information content (AvgIpc) is 3.02. The summed E-state index contributed by atoms with van der Waals surface area (Å²) in [6.07, 6.45) is -7.84. The fraction of sp³-hybridized carbons (Fsp3) is 0.542. The number of aliphatic imine (C=N–C) groups is 4. The maximum Gasteiger partial charge on any atom is 0.433 e. The van der Waals surface area contributed by atoms with Crippen LogP contribution in [0.15, 0.2) is 50.1 Å². The maximum atomic E-state index is 13.8. The van der Waals surface area contributed by atoms with Crippen LogP contribution in [0.4, 0.5) is 40.8 Å². The van der Waals surface area contributed by atoms with Crippen molar-refractivity contribution in [1.82, 2.24) is 9.88 Å². The van der Waals surface area contributed by atoms with Crippen molar-refractivity contribution in [2.45, 2.75) is 57.3 Å². The van der Waals surface area contributed by atoms with Crippen LogP contribution in [-0.2, 0) is 6.18 Å². The molecule has 3 rings (SSSR count). The van der Waals surface area contributed by atoms with Crippen molar-refractivity contribution >= 4 is 30.0 Å². The van der Waals surface area contributed by atoms with Crippen molar-refractivity contribution in [3.63, 3.8) is 0 Å². The number of hydrogen-bond donors (Lipinski definition) is 1. The van der Waals surface area contributed by atoms with Gasteiger partial charge < -0.3 is 10.2 Å². The summed E-state index contributed by atoms with van der Waals surface area (Å²) in [5.41, 5.74) is -1.98. The van der Waals surface area contributed by atoms with Gasteiger partial charge in [-0.05, 0) is 37.6 Å². The quantitative estimate of drug-likeness (QED) is 0.262. The molecule has 0 aliphatic carbocycles. The highest BCUT2D eigenvalue weighted by Gasteiger charge is 2.36. The number of hydrogen-bond acceptors (Lipinski definition) is 3. The van der Waals surface area contributed by atoms with Gasteiger partial charge in [-0.2, -0.15) is 31.3 Å². The number of aromatic nitrogens is 1. The molecule has 1 fully saturated rings. The summed E-state index contributed by atoms with van der Waals surface area (Å²) in [4.78, 5) is 20.7. The molecule has 1 aromatic rings. The zero-order valence-electron chi connectivity index (χ0n) is 21.0. The van der Waals surface area contributed by atoms with E-state index in [1.54, 1.807) is 6.92 Å². The molecule has 1 atom stereocenters. The lowest BCUT2D eigenvalue weighted by molar-refractivity contribution is -0.141. The lowest BCUT2D eigenvalue weighted by Gasteiger charge is -2.22. The third-order valence-electron chi connectivity index (χ3n) is 6.07. The van der Waals surface area contributed by atoms with Crippen molar-refractivity contribution in [3.8, 4) is 0 Å². The number of anilines is 1. The molecule has 2 aliphatic rings. The summed E-state index contributed by atoms with van der Waals surface area (Å²) in [6.45, 7) is 5.13. The summed E-state index contributed by atoms with van der Waals surface area (Å²) in [7, 11) is 0. The van der Waals surface area contributed by atoms with Crippen LogP contribution in [-0.4, -0.2) is 66.0 Å². The third kappa shape index (κ3) is 8.82. The second kappa shape index (κ2) is 12.2. The van der Waals surface area contributed by atoms with E-state index in [1.807, 2.05) is 0 Å². The standard InChI is InChI=1S/C24H27F8N7/c1-15-4-5-18(23(27,28)29)37-17(15)7-11-35-20(36-16-6-10-34-19(14-16)24(30,31)32)38-21(33-2)39-12-3-8-22(25,26)9-13-39/h5-6,10,14-15H,2-4,7-9,11-13H2,1H3,(H,34,35,36)/b38-21+. The Kier molecular flexibility index (Phi) is 9.43. The monoisotopic (exact) mass is 565 g/mol. The van der Waals surface area contributed by atoms with E-state index in [0.29, 0.717) is 0 Å². The molecular weight excluding hydrogens is 538 g/mol. The van der Waals surface area contributed by atoms with Crippen LogP contribution in [0.1, 0.15) is 44.7 Å². The molecule has 2 aliphatic heterocycles. The predicted molar refractivity (Wildman–Crippen MR) is 132 cm³/mol. The van der Waals surface area contributed by atoms with Gasteiger partial charge in [-0.1, -0.05) is 13.0 Å². The number of pyridine rings is 1. The van der Waals surface area contributed by atoms with Crippen LogP contribution in [0, 0.1) is 5.92 Å². The molecule has 1 N–H and O–H groups in total. The van der Waals surface area contributed by atoms with E-state index in [0.717, 1.165) is 18.3 Å². The van der Waals surface area contributed by atoms with Gasteiger partial charge in [0.1, 0.15) is 11.4 Å². The lowest BCUT2D eigenvalue weighted by atomic mass is 9.96. The smallest absolute Gasteiger partial charge is 0.341 e. The van der Waals surface area contributed by atoms with Crippen LogP contribution in [0.5, 0.6) is 0 Å². The van der Waals surface area contributed by atoms with E-state index >= 15 is 0 Å². The largest absolute Gasteiger partial charge is 0.433 e. The first kappa shape index (κ1) is 30.2. The molecule has 15 heteroatoms. The summed E-state index contributed by atoms with van der Waals surface area (Å²) in [6, 6.07) is 1.97. The molecular formula is C24H27F8N7. The Balaban J connectivity index is 1.88. The Labute approximate surface area is 219 Å². The van der Waals surface area contributed by atoms with Crippen LogP contribution in [0.2, 0.25) is 0 Å². The first-order valence-corrected chi connectivity index (χ1v) is 12.1. The summed E-state index contributed by atoms with van der Waals surface area (Å²) in [5, 5.41) is 2.64. The highest BCUT2D eigenvalue weighted by Crippen LogP contribution is 2.32. The molecule has 0 spiro atoms. The number of likely N-dealkylation sites (tertiary alicyclic amines) is 1. The Hall–Kier alpha value is -3.39. The Morgan fingerprint density at radius 3 is 2.56 bits per heavy atom. The van der Waals surface area contributed by atoms with Gasteiger partial charge in [0, 0.05) is 56.5 Å². The first-order valence-electron chi connectivity index (χ1n) is 12.1. The number of rotatable bonds is 4. The second-order valence-electron chi connectivity index (χ2n) is 9.10. The minimum atomic E-state index is -4.72. The molecule has 3 heterocycles. The van der Waals surface area contributed by atoms with Crippen molar-refractivity contribution in [2.24, 2.45) is 25.9 Å². The lowest BCUT2D eigenvalue weighted by Crippen LogP contribution is -2.33. The zero-order chi connectivity index (χ0) is 28.8. The van der Waals surface area contributed by atoms with Gasteiger partial charge in [-0.25, -0.2) is 13.8 Å². The molecule has 0 aromatic carbocycles. The normalized spacial score (nSPS) is 21.2. The SMILES string of the molecule is C=N/C(=N\C(=N/CCC1=NC(C(F)(F)F)=CCC1C)Nc1ccnc(C(F)(F)F)c1)N1CCCC(F)(F)CC1. The fourth-order valence-corrected chi connectivity index (χ4v) is 3.95. The number of nitrogens with one attached hydrogen (secondary N) is 1. The number of alkyl halides is 8. The molecule has 214 valence electrons. The first-order chi connectivity index (χ1) is 18.2. The molecule has 1 unspecified atom stereocenters. The van der Waals surface area contributed by atoms with Gasteiger partial charge in [-0.3, -0.25) is 15.0 Å². The predicted octanol–water partition coefficient (Wildman–Crippen LogP) is 6.36. The van der Waals surface area contributed by atoms with Gasteiger partial charge in [0.15, 0.2) is 0 Å². The number of halogens is 8. The summed E-state index contributed by atoms with van der Waals surface area (Å²) < 4.78 is 106. The zero-order valence-corrected chi connectivity index (χ0v) is 21.0. The van der Waals surface area contributed by atoms with Gasteiger partial charge in [0.05, 0.1) is 0 Å². The molecule has 0 saturated carbocycles. The van der Waals surface area contributed by atoms with E-state index in [-0.39, 0.29) is 74.6 Å². The van der Waals surface area contributed by atoms with Gasteiger partial charge in [0.25, 0.3) is 0 Å². The van der Waals surface area contributed by atoms with Gasteiger partial charge in [0.2, 0.25) is 17.8 Å². The van der Waals surface area contributed by atoms with Crippen LogP contribution in [0.3, 0.4) is 0 Å². The molecule has 39 heavy (non-hydrogen) atoms. The minimum Gasteiger partial charge on any atom is -0.341 e. The van der Waals surface area contributed by atoms with E-state index in [9.17, 15) is 35.1 Å². The maximum absolute atomic E-state index is 13.8. The van der Waals surface area contributed by atoms with Crippen LogP contribution < -0.4 is 5.32 Å². The fourth-order valence-electron chi connectivity index (χ4n) is 3.95. The minimum absolute atomic E-state index is 0.0201. The van der Waals surface area contributed by atoms with Crippen LogP contribution in [0.25, 0.3) is 0 Å². The Bertz CT molecular complexity index is 1150. The summed E-state index contributed by atoms with van der Waals surface area (Å²) >= 11 is 0. The van der Waals surface area contributed by atoms with Crippen molar-refractivity contribution < 1.29 is 35.1 Å². The highest BCUT2D eigenvalue weighted by molar-refractivity contribution is 6.03. The molecule has 7 nitrogen and oxygen atoms in total. The van der Waals surface area contributed by atoms with E-state index in [1.165, 1.54) is 11.0 Å². The summed E-state index contributed by atoms with van der Waals surface area (Å²) in [5.74, 6) is -3.44. The average molecular weight is 566 g/mol. The number of guanidine groups is 2. The van der Waals surface area contributed by atoms with E-state index in [2.05, 4.69) is 37.0 Å². The Morgan fingerprint density at radius 1 is 1.15 bits per heavy atom. The molecule has 0 bridgehead atoms. The van der Waals surface area contributed by atoms with Crippen molar-refractivity contribution in [1.29, 1.82) is 0 Å². The third-order valence-corrected chi connectivity index (χ3v) is 6.07. The van der Waals surface area contributed by atoms with E-state index < -0.39 is 36.1 Å². The molecule has 0 amide bonds. The second-order valence-corrected chi connectivity index (χ2v) is 9.10. The van der Waals surface area contributed by atoms with Gasteiger partial charge >= 0.3 is 12.4 Å². The van der Waals surface area contributed by atoms with Crippen molar-refractivity contribution in [2.75, 3.05) is 25.0 Å². The topological polar surface area (TPSA) is 77.6 Å². The van der Waals surface area contributed by atoms with Gasteiger partial charge in [-0.15, -0.1) is 0 Å². The van der Waals surface area contributed by atoms with Crippen LogP contribution >= 0.6 is 0 Å². The Morgan fingerprint density at radius 2 is 1.90 bits per heavy atom.